The number of piperazine rings is 1. The second kappa shape index (κ2) is 11.8. The smallest absolute Gasteiger partial charge is 0.293 e. The van der Waals surface area contributed by atoms with Gasteiger partial charge in [-0.25, -0.2) is 0 Å². The van der Waals surface area contributed by atoms with Gasteiger partial charge < -0.3 is 24.8 Å². The van der Waals surface area contributed by atoms with Crippen molar-refractivity contribution in [3.05, 3.63) is 57.1 Å². The quantitative estimate of drug-likeness (QED) is 0.426. The minimum atomic E-state index is -0.467. The maximum absolute atomic E-state index is 13.2. The van der Waals surface area contributed by atoms with Gasteiger partial charge in [0.1, 0.15) is 5.69 Å². The molecule has 2 aromatic carbocycles. The Morgan fingerprint density at radius 3 is 2.30 bits per heavy atom. The van der Waals surface area contributed by atoms with Crippen LogP contribution in [0.2, 0.25) is 5.02 Å². The van der Waals surface area contributed by atoms with E-state index < -0.39 is 10.8 Å². The molecule has 2 saturated heterocycles. The molecular weight excluding hydrogens is 498 g/mol. The van der Waals surface area contributed by atoms with E-state index in [9.17, 15) is 19.7 Å². The third kappa shape index (κ3) is 6.50. The highest BCUT2D eigenvalue weighted by Crippen LogP contribution is 2.33. The highest BCUT2D eigenvalue weighted by Gasteiger charge is 2.26. The first-order valence-corrected chi connectivity index (χ1v) is 12.9. The zero-order valence-electron chi connectivity index (χ0n) is 21.1. The molecular formula is C26H32ClN5O5. The van der Waals surface area contributed by atoms with E-state index in [1.807, 2.05) is 29.7 Å². The largest absolute Gasteiger partial charge is 0.378 e. The van der Waals surface area contributed by atoms with Crippen LogP contribution in [0, 0.1) is 16.0 Å². The van der Waals surface area contributed by atoms with Crippen molar-refractivity contribution in [2.75, 3.05) is 67.6 Å². The molecule has 2 fully saturated rings. The van der Waals surface area contributed by atoms with Crippen molar-refractivity contribution >= 4 is 46.2 Å². The summed E-state index contributed by atoms with van der Waals surface area (Å²) in [4.78, 5) is 42.8. The van der Waals surface area contributed by atoms with Crippen LogP contribution in [0.4, 0.5) is 22.7 Å². The number of nitro benzene ring substituents is 1. The van der Waals surface area contributed by atoms with Crippen molar-refractivity contribution in [2.45, 2.75) is 20.3 Å². The van der Waals surface area contributed by atoms with Crippen LogP contribution in [0.15, 0.2) is 36.4 Å². The molecule has 198 valence electrons. The van der Waals surface area contributed by atoms with Crippen molar-refractivity contribution in [2.24, 2.45) is 5.92 Å². The first kappa shape index (κ1) is 26.7. The monoisotopic (exact) mass is 529 g/mol. The number of anilines is 3. The number of amides is 2. The standard InChI is InChI=1S/C26H32ClN5O5/c1-18(2)15-25(33)31-9-7-29(8-10-31)22-6-4-20(27)17-21(22)28-26(34)19-3-5-23(24(16-19)32(35)36)30-11-13-37-14-12-30/h3-6,16-18H,7-15H2,1-2H3,(H,28,34). The van der Waals surface area contributed by atoms with Crippen LogP contribution in [0.5, 0.6) is 0 Å². The van der Waals surface area contributed by atoms with Gasteiger partial charge in [0.25, 0.3) is 11.6 Å². The molecule has 4 rings (SSSR count). The number of morpholine rings is 1. The Morgan fingerprint density at radius 2 is 1.65 bits per heavy atom. The molecule has 0 aliphatic carbocycles. The number of nitro groups is 1. The third-order valence-corrected chi connectivity index (χ3v) is 6.78. The molecule has 2 aromatic rings. The highest BCUT2D eigenvalue weighted by atomic mass is 35.5. The molecule has 2 aliphatic rings. The number of hydrogen-bond acceptors (Lipinski definition) is 7. The number of benzene rings is 2. The lowest BCUT2D eigenvalue weighted by Crippen LogP contribution is -2.49. The van der Waals surface area contributed by atoms with E-state index in [-0.39, 0.29) is 17.2 Å². The van der Waals surface area contributed by atoms with Crippen LogP contribution in [0.25, 0.3) is 0 Å². The number of carbonyl (C=O) groups is 2. The summed E-state index contributed by atoms with van der Waals surface area (Å²) in [7, 11) is 0. The molecule has 0 spiro atoms. The molecule has 2 heterocycles. The second-order valence-electron chi connectivity index (χ2n) is 9.64. The summed E-state index contributed by atoms with van der Waals surface area (Å²) in [5.74, 6) is -0.00494. The molecule has 0 atom stereocenters. The van der Waals surface area contributed by atoms with Crippen LogP contribution in [0.3, 0.4) is 0 Å². The summed E-state index contributed by atoms with van der Waals surface area (Å²) in [6.07, 6.45) is 0.527. The predicted octanol–water partition coefficient (Wildman–Crippen LogP) is 4.03. The Kier molecular flexibility index (Phi) is 8.50. The SMILES string of the molecule is CC(C)CC(=O)N1CCN(c2ccc(Cl)cc2NC(=O)c2ccc(N3CCOCC3)c([N+](=O)[O-])c2)CC1. The molecule has 1 N–H and O–H groups in total. The van der Waals surface area contributed by atoms with Crippen LogP contribution in [-0.2, 0) is 9.53 Å². The van der Waals surface area contributed by atoms with E-state index in [4.69, 9.17) is 16.3 Å². The number of nitrogens with one attached hydrogen (secondary N) is 1. The van der Waals surface area contributed by atoms with Crippen LogP contribution >= 0.6 is 11.6 Å². The summed E-state index contributed by atoms with van der Waals surface area (Å²) >= 11 is 6.24. The van der Waals surface area contributed by atoms with E-state index >= 15 is 0 Å². The zero-order chi connectivity index (χ0) is 26.5. The maximum atomic E-state index is 13.2. The van der Waals surface area contributed by atoms with Gasteiger partial charge in [-0.2, -0.15) is 0 Å². The highest BCUT2D eigenvalue weighted by molar-refractivity contribution is 6.31. The van der Waals surface area contributed by atoms with Crippen LogP contribution in [-0.4, -0.2) is 74.1 Å². The van der Waals surface area contributed by atoms with Crippen molar-refractivity contribution < 1.29 is 19.2 Å². The molecule has 11 heteroatoms. The minimum absolute atomic E-state index is 0.122. The summed E-state index contributed by atoms with van der Waals surface area (Å²) in [5, 5.41) is 15.1. The summed E-state index contributed by atoms with van der Waals surface area (Å²) in [5.41, 5.74) is 1.83. The number of ether oxygens (including phenoxy) is 1. The lowest BCUT2D eigenvalue weighted by Gasteiger charge is -2.37. The van der Waals surface area contributed by atoms with Crippen molar-refractivity contribution in [3.8, 4) is 0 Å². The third-order valence-electron chi connectivity index (χ3n) is 6.55. The zero-order valence-corrected chi connectivity index (χ0v) is 21.9. The second-order valence-corrected chi connectivity index (χ2v) is 10.1. The Hall–Kier alpha value is -3.37. The lowest BCUT2D eigenvalue weighted by atomic mass is 10.1. The Bertz CT molecular complexity index is 1160. The molecule has 2 amide bonds. The van der Waals surface area contributed by atoms with Gasteiger partial charge in [-0.1, -0.05) is 25.4 Å². The fourth-order valence-corrected chi connectivity index (χ4v) is 4.81. The predicted molar refractivity (Wildman–Crippen MR) is 144 cm³/mol. The van der Waals surface area contributed by atoms with E-state index in [1.165, 1.54) is 6.07 Å². The molecule has 0 bridgehead atoms. The fourth-order valence-electron chi connectivity index (χ4n) is 4.64. The van der Waals surface area contributed by atoms with E-state index in [0.29, 0.717) is 81.2 Å². The minimum Gasteiger partial charge on any atom is -0.378 e. The number of hydrogen-bond donors (Lipinski definition) is 1. The van der Waals surface area contributed by atoms with Crippen molar-refractivity contribution in [1.82, 2.24) is 4.90 Å². The van der Waals surface area contributed by atoms with Gasteiger partial charge in [0, 0.05) is 62.3 Å². The Labute approximate surface area is 221 Å². The van der Waals surface area contributed by atoms with Crippen molar-refractivity contribution in [3.63, 3.8) is 0 Å². The van der Waals surface area contributed by atoms with Gasteiger partial charge in [0.15, 0.2) is 0 Å². The van der Waals surface area contributed by atoms with Gasteiger partial charge in [0.05, 0.1) is 29.5 Å². The van der Waals surface area contributed by atoms with E-state index in [0.717, 1.165) is 5.69 Å². The summed E-state index contributed by atoms with van der Waals surface area (Å²) in [6.45, 7) is 8.58. The average Bonchev–Trinajstić information content (AvgIpc) is 2.88. The number of nitrogens with zero attached hydrogens (tertiary/aromatic N) is 4. The van der Waals surface area contributed by atoms with Crippen LogP contribution < -0.4 is 15.1 Å². The number of carbonyl (C=O) groups excluding carboxylic acids is 2. The first-order chi connectivity index (χ1) is 17.7. The lowest BCUT2D eigenvalue weighted by molar-refractivity contribution is -0.384. The topological polar surface area (TPSA) is 108 Å². The number of rotatable bonds is 7. The van der Waals surface area contributed by atoms with Gasteiger partial charge in [0.2, 0.25) is 5.91 Å². The molecule has 0 aromatic heterocycles. The first-order valence-electron chi connectivity index (χ1n) is 12.5. The van der Waals surface area contributed by atoms with Gasteiger partial charge in [-0.3, -0.25) is 19.7 Å². The maximum Gasteiger partial charge on any atom is 0.293 e. The molecule has 10 nitrogen and oxygen atoms in total. The average molecular weight is 530 g/mol. The molecule has 2 aliphatic heterocycles. The molecule has 37 heavy (non-hydrogen) atoms. The Balaban J connectivity index is 1.50. The fraction of sp³-hybridized carbons (Fsp3) is 0.462. The van der Waals surface area contributed by atoms with Gasteiger partial charge in [-0.15, -0.1) is 0 Å². The van der Waals surface area contributed by atoms with E-state index in [1.54, 1.807) is 24.3 Å². The Morgan fingerprint density at radius 1 is 1.00 bits per heavy atom. The normalized spacial score (nSPS) is 16.2. The van der Waals surface area contributed by atoms with Crippen molar-refractivity contribution in [1.29, 1.82) is 0 Å². The number of halogens is 1. The molecule has 0 saturated carbocycles. The van der Waals surface area contributed by atoms with Gasteiger partial charge in [-0.05, 0) is 36.2 Å². The molecule has 0 radical (unpaired) electrons. The molecule has 0 unspecified atom stereocenters. The summed E-state index contributed by atoms with van der Waals surface area (Å²) in [6, 6.07) is 9.78. The summed E-state index contributed by atoms with van der Waals surface area (Å²) < 4.78 is 5.34. The van der Waals surface area contributed by atoms with Gasteiger partial charge >= 0.3 is 0 Å². The van der Waals surface area contributed by atoms with E-state index in [2.05, 4.69) is 10.2 Å². The van der Waals surface area contributed by atoms with Crippen LogP contribution in [0.1, 0.15) is 30.6 Å².